The standard InChI is InChI=1S/C22H21N3O5/c1-15-7-8-17(16(2)11-15)12-22(26)24-23-13-18-9-10-19(30-18)14-29-21-6-4-3-5-20(21)25(27)28/h3-11,13H,12,14H2,1-2H3,(H,24,26)/b23-13-. The Morgan fingerprint density at radius 3 is 2.77 bits per heavy atom. The number of nitrogens with zero attached hydrogens (tertiary/aromatic N) is 2. The Morgan fingerprint density at radius 1 is 1.20 bits per heavy atom. The lowest BCUT2D eigenvalue weighted by molar-refractivity contribution is -0.386. The molecule has 0 radical (unpaired) electrons. The summed E-state index contributed by atoms with van der Waals surface area (Å²) in [6, 6.07) is 15.4. The number of aryl methyl sites for hydroxylation is 2. The van der Waals surface area contributed by atoms with E-state index < -0.39 is 4.92 Å². The monoisotopic (exact) mass is 407 g/mol. The largest absolute Gasteiger partial charge is 0.479 e. The second-order valence-corrected chi connectivity index (χ2v) is 6.72. The molecule has 0 aliphatic carbocycles. The van der Waals surface area contributed by atoms with E-state index in [1.807, 2.05) is 32.0 Å². The Hall–Kier alpha value is -3.94. The third-order valence-electron chi connectivity index (χ3n) is 4.34. The van der Waals surface area contributed by atoms with E-state index in [0.717, 1.165) is 16.7 Å². The zero-order chi connectivity index (χ0) is 21.5. The molecule has 0 saturated carbocycles. The number of hydrogen-bond acceptors (Lipinski definition) is 6. The summed E-state index contributed by atoms with van der Waals surface area (Å²) in [5, 5.41) is 14.9. The zero-order valence-corrected chi connectivity index (χ0v) is 16.6. The molecule has 0 atom stereocenters. The quantitative estimate of drug-likeness (QED) is 0.344. The van der Waals surface area contributed by atoms with Crippen LogP contribution in [0.15, 0.2) is 64.1 Å². The summed E-state index contributed by atoms with van der Waals surface area (Å²) < 4.78 is 11.0. The van der Waals surface area contributed by atoms with Crippen LogP contribution in [0.1, 0.15) is 28.2 Å². The SMILES string of the molecule is Cc1ccc(CC(=O)N/N=C\c2ccc(COc3ccccc3[N+](=O)[O-])o2)c(C)c1. The molecule has 1 amide bonds. The number of furan rings is 1. The summed E-state index contributed by atoms with van der Waals surface area (Å²) in [5.74, 6) is 0.816. The summed E-state index contributed by atoms with van der Waals surface area (Å²) in [6.07, 6.45) is 1.62. The lowest BCUT2D eigenvalue weighted by Gasteiger charge is -2.05. The lowest BCUT2D eigenvalue weighted by atomic mass is 10.0. The van der Waals surface area contributed by atoms with Crippen LogP contribution >= 0.6 is 0 Å². The maximum Gasteiger partial charge on any atom is 0.310 e. The Labute approximate surface area is 173 Å². The van der Waals surface area contributed by atoms with Crippen molar-refractivity contribution in [2.75, 3.05) is 0 Å². The minimum absolute atomic E-state index is 0.0255. The predicted molar refractivity (Wildman–Crippen MR) is 111 cm³/mol. The fourth-order valence-electron chi connectivity index (χ4n) is 2.84. The van der Waals surface area contributed by atoms with Crippen molar-refractivity contribution >= 4 is 17.8 Å². The first-order valence-corrected chi connectivity index (χ1v) is 9.25. The van der Waals surface area contributed by atoms with Gasteiger partial charge in [0.2, 0.25) is 5.91 Å². The highest BCUT2D eigenvalue weighted by Gasteiger charge is 2.14. The highest BCUT2D eigenvalue weighted by Crippen LogP contribution is 2.26. The molecule has 0 saturated heterocycles. The summed E-state index contributed by atoms with van der Waals surface area (Å²) >= 11 is 0. The van der Waals surface area contributed by atoms with Gasteiger partial charge in [0.1, 0.15) is 18.1 Å². The number of carbonyl (C=O) groups excluding carboxylic acids is 1. The summed E-state index contributed by atoms with van der Waals surface area (Å²) in [7, 11) is 0. The number of carbonyl (C=O) groups is 1. The molecule has 3 rings (SSSR count). The minimum atomic E-state index is -0.504. The number of nitro groups is 1. The van der Waals surface area contributed by atoms with Gasteiger partial charge in [0.05, 0.1) is 17.6 Å². The maximum atomic E-state index is 12.1. The molecule has 2 aromatic carbocycles. The van der Waals surface area contributed by atoms with Gasteiger partial charge in [-0.3, -0.25) is 14.9 Å². The van der Waals surface area contributed by atoms with E-state index in [1.165, 1.54) is 18.3 Å². The molecular formula is C22H21N3O5. The predicted octanol–water partition coefficient (Wildman–Crippen LogP) is 4.08. The minimum Gasteiger partial charge on any atom is -0.479 e. The van der Waals surface area contributed by atoms with Crippen LogP contribution in [0.25, 0.3) is 0 Å². The third kappa shape index (κ3) is 5.54. The van der Waals surface area contributed by atoms with Gasteiger partial charge in [-0.1, -0.05) is 35.9 Å². The van der Waals surface area contributed by atoms with E-state index in [2.05, 4.69) is 10.5 Å². The van der Waals surface area contributed by atoms with Crippen LogP contribution in [0.5, 0.6) is 5.75 Å². The van der Waals surface area contributed by atoms with Gasteiger partial charge >= 0.3 is 5.69 Å². The molecule has 1 N–H and O–H groups in total. The number of hydrogen-bond donors (Lipinski definition) is 1. The van der Waals surface area contributed by atoms with Crippen LogP contribution < -0.4 is 10.2 Å². The number of rotatable bonds is 8. The van der Waals surface area contributed by atoms with Gasteiger partial charge in [-0.15, -0.1) is 0 Å². The summed E-state index contributed by atoms with van der Waals surface area (Å²) in [4.78, 5) is 22.6. The average molecular weight is 407 g/mol. The van der Waals surface area contributed by atoms with Crippen LogP contribution in [0.4, 0.5) is 5.69 Å². The highest BCUT2D eigenvalue weighted by atomic mass is 16.6. The van der Waals surface area contributed by atoms with E-state index in [1.54, 1.807) is 24.3 Å². The first-order valence-electron chi connectivity index (χ1n) is 9.25. The van der Waals surface area contributed by atoms with Crippen molar-refractivity contribution in [1.29, 1.82) is 0 Å². The molecule has 8 heteroatoms. The van der Waals surface area contributed by atoms with E-state index in [4.69, 9.17) is 9.15 Å². The topological polar surface area (TPSA) is 107 Å². The van der Waals surface area contributed by atoms with Gasteiger partial charge in [-0.05, 0) is 43.2 Å². The van der Waals surface area contributed by atoms with Crippen LogP contribution in [-0.4, -0.2) is 17.0 Å². The van der Waals surface area contributed by atoms with Crippen LogP contribution in [-0.2, 0) is 17.8 Å². The molecule has 1 heterocycles. The van der Waals surface area contributed by atoms with Crippen LogP contribution in [0.2, 0.25) is 0 Å². The molecule has 0 fully saturated rings. The fraction of sp³-hybridized carbons (Fsp3) is 0.182. The smallest absolute Gasteiger partial charge is 0.310 e. The van der Waals surface area contributed by atoms with Gasteiger partial charge in [-0.2, -0.15) is 5.10 Å². The molecule has 30 heavy (non-hydrogen) atoms. The number of nitrogens with one attached hydrogen (secondary N) is 1. The molecule has 154 valence electrons. The fourth-order valence-corrected chi connectivity index (χ4v) is 2.84. The number of para-hydroxylation sites is 2. The van der Waals surface area contributed by atoms with Crippen LogP contribution in [0, 0.1) is 24.0 Å². The Kier molecular flexibility index (Phi) is 6.59. The lowest BCUT2D eigenvalue weighted by Crippen LogP contribution is -2.20. The zero-order valence-electron chi connectivity index (χ0n) is 16.6. The Balaban J connectivity index is 1.52. The van der Waals surface area contributed by atoms with E-state index >= 15 is 0 Å². The Bertz CT molecular complexity index is 1090. The molecule has 0 spiro atoms. The number of amides is 1. The van der Waals surface area contributed by atoms with Crippen molar-refractivity contribution in [1.82, 2.24) is 5.43 Å². The molecular weight excluding hydrogens is 386 g/mol. The molecule has 0 unspecified atom stereocenters. The first kappa shape index (κ1) is 20.8. The van der Waals surface area contributed by atoms with E-state index in [-0.39, 0.29) is 30.4 Å². The van der Waals surface area contributed by atoms with Gasteiger partial charge < -0.3 is 9.15 Å². The van der Waals surface area contributed by atoms with Gasteiger partial charge in [-0.25, -0.2) is 5.43 Å². The highest BCUT2D eigenvalue weighted by molar-refractivity contribution is 5.81. The second kappa shape index (κ2) is 9.51. The normalized spacial score (nSPS) is 10.9. The Morgan fingerprint density at radius 2 is 2.00 bits per heavy atom. The van der Waals surface area contributed by atoms with Crippen LogP contribution in [0.3, 0.4) is 0 Å². The molecule has 0 aliphatic rings. The van der Waals surface area contributed by atoms with Crippen molar-refractivity contribution in [2.45, 2.75) is 26.9 Å². The van der Waals surface area contributed by atoms with Crippen molar-refractivity contribution < 1.29 is 18.9 Å². The molecule has 1 aromatic heterocycles. The number of nitro benzene ring substituents is 1. The first-order chi connectivity index (χ1) is 14.4. The van der Waals surface area contributed by atoms with Crippen molar-refractivity contribution in [3.05, 3.63) is 92.9 Å². The molecule has 0 bridgehead atoms. The van der Waals surface area contributed by atoms with E-state index in [0.29, 0.717) is 11.5 Å². The van der Waals surface area contributed by atoms with Gasteiger partial charge in [0.15, 0.2) is 5.75 Å². The summed E-state index contributed by atoms with van der Waals surface area (Å²) in [6.45, 7) is 4.00. The van der Waals surface area contributed by atoms with Gasteiger partial charge in [0, 0.05) is 6.07 Å². The van der Waals surface area contributed by atoms with Gasteiger partial charge in [0.25, 0.3) is 0 Å². The van der Waals surface area contributed by atoms with E-state index in [9.17, 15) is 14.9 Å². The number of benzene rings is 2. The third-order valence-corrected chi connectivity index (χ3v) is 4.34. The second-order valence-electron chi connectivity index (χ2n) is 6.72. The molecule has 8 nitrogen and oxygen atoms in total. The van der Waals surface area contributed by atoms with Crippen molar-refractivity contribution in [2.24, 2.45) is 5.10 Å². The summed E-state index contributed by atoms with van der Waals surface area (Å²) in [5.41, 5.74) is 5.51. The number of ether oxygens (including phenoxy) is 1. The van der Waals surface area contributed by atoms with Crippen molar-refractivity contribution in [3.8, 4) is 5.75 Å². The van der Waals surface area contributed by atoms with Crippen molar-refractivity contribution in [3.63, 3.8) is 0 Å². The maximum absolute atomic E-state index is 12.1. The molecule has 3 aromatic rings. The average Bonchev–Trinajstić information content (AvgIpc) is 3.16. The number of hydrazone groups is 1. The molecule has 0 aliphatic heterocycles.